The van der Waals surface area contributed by atoms with Crippen molar-refractivity contribution in [2.45, 2.75) is 43.6 Å². The first-order valence-electron chi connectivity index (χ1n) is 7.02. The van der Waals surface area contributed by atoms with Gasteiger partial charge in [0.25, 0.3) is 0 Å². The summed E-state index contributed by atoms with van der Waals surface area (Å²) in [6, 6.07) is 6.57. The van der Waals surface area contributed by atoms with Crippen LogP contribution in [0.5, 0.6) is 0 Å². The maximum absolute atomic E-state index is 11.3. The van der Waals surface area contributed by atoms with E-state index in [4.69, 9.17) is 0 Å². The first-order chi connectivity index (χ1) is 9.28. The number of benzene rings is 1. The number of hydrogen-bond acceptors (Lipinski definition) is 3. The van der Waals surface area contributed by atoms with E-state index >= 15 is 0 Å². The van der Waals surface area contributed by atoms with Crippen molar-refractivity contribution < 1.29 is 5.11 Å². The molecule has 0 amide bonds. The number of thioether (sulfide) groups is 1. The van der Waals surface area contributed by atoms with Crippen LogP contribution in [0, 0.1) is 0 Å². The average molecular weight is 371 g/mol. The van der Waals surface area contributed by atoms with Crippen LogP contribution in [0.15, 0.2) is 23.2 Å². The van der Waals surface area contributed by atoms with Gasteiger partial charge < -0.3 is 10.0 Å². The Bertz CT molecular complexity index is 596. The second-order valence-electron chi connectivity index (χ2n) is 6.72. The molecular weight excluding hydrogens is 348 g/mol. The lowest BCUT2D eigenvalue weighted by Crippen LogP contribution is -2.44. The SMILES string of the molecule is Br.C/N=C1\SC2Cc3ccc(C(C)(C)C)cc3C2(O)N1C. The monoisotopic (exact) mass is 370 g/mol. The highest BCUT2D eigenvalue weighted by molar-refractivity contribution is 8.93. The van der Waals surface area contributed by atoms with Crippen LogP contribution in [0.25, 0.3) is 0 Å². The van der Waals surface area contributed by atoms with Gasteiger partial charge in [-0.05, 0) is 23.0 Å². The quantitative estimate of drug-likeness (QED) is 0.760. The zero-order valence-electron chi connectivity index (χ0n) is 13.2. The molecule has 0 aromatic heterocycles. The van der Waals surface area contributed by atoms with E-state index in [-0.39, 0.29) is 27.6 Å². The summed E-state index contributed by atoms with van der Waals surface area (Å²) in [7, 11) is 3.73. The molecule has 1 saturated heterocycles. The van der Waals surface area contributed by atoms with Crippen molar-refractivity contribution >= 4 is 33.9 Å². The lowest BCUT2D eigenvalue weighted by atomic mass is 9.85. The molecule has 0 radical (unpaired) electrons. The number of amidine groups is 1. The minimum absolute atomic E-state index is 0. The van der Waals surface area contributed by atoms with Gasteiger partial charge in [-0.25, -0.2) is 0 Å². The van der Waals surface area contributed by atoms with Gasteiger partial charge in [0, 0.05) is 19.7 Å². The van der Waals surface area contributed by atoms with E-state index in [0.29, 0.717) is 0 Å². The molecule has 3 nitrogen and oxygen atoms in total. The van der Waals surface area contributed by atoms with Gasteiger partial charge in [-0.15, -0.1) is 17.0 Å². The van der Waals surface area contributed by atoms with E-state index in [9.17, 15) is 5.11 Å². The number of aliphatic hydroxyl groups is 1. The van der Waals surface area contributed by atoms with Crippen LogP contribution in [-0.2, 0) is 17.6 Å². The Labute approximate surface area is 141 Å². The first-order valence-corrected chi connectivity index (χ1v) is 7.90. The Morgan fingerprint density at radius 3 is 2.62 bits per heavy atom. The van der Waals surface area contributed by atoms with Crippen LogP contribution in [-0.4, -0.2) is 34.5 Å². The minimum Gasteiger partial charge on any atom is -0.366 e. The Kier molecular flexibility index (Phi) is 4.24. The van der Waals surface area contributed by atoms with Crippen molar-refractivity contribution in [3.8, 4) is 0 Å². The van der Waals surface area contributed by atoms with E-state index in [1.54, 1.807) is 18.8 Å². The maximum Gasteiger partial charge on any atom is 0.178 e. The average Bonchev–Trinajstić information content (AvgIpc) is 2.79. The highest BCUT2D eigenvalue weighted by Crippen LogP contribution is 2.51. The molecule has 2 atom stereocenters. The predicted molar refractivity (Wildman–Crippen MR) is 95.6 cm³/mol. The molecule has 1 fully saturated rings. The molecule has 0 bridgehead atoms. The van der Waals surface area contributed by atoms with E-state index in [1.807, 2.05) is 11.9 Å². The van der Waals surface area contributed by atoms with Gasteiger partial charge in [0.1, 0.15) is 0 Å². The number of hydrogen-bond donors (Lipinski definition) is 1. The lowest BCUT2D eigenvalue weighted by molar-refractivity contribution is -0.0497. The van der Waals surface area contributed by atoms with Gasteiger partial charge in [0.15, 0.2) is 10.9 Å². The first kappa shape index (κ1) is 16.8. The number of fused-ring (bicyclic) bond motifs is 3. The molecular formula is C16H23BrN2OS. The van der Waals surface area contributed by atoms with Crippen LogP contribution in [0.3, 0.4) is 0 Å². The van der Waals surface area contributed by atoms with E-state index in [0.717, 1.165) is 17.2 Å². The maximum atomic E-state index is 11.3. The molecule has 2 unspecified atom stereocenters. The number of nitrogens with zero attached hydrogens (tertiary/aromatic N) is 2. The second kappa shape index (κ2) is 5.28. The summed E-state index contributed by atoms with van der Waals surface area (Å²) in [5.41, 5.74) is 2.78. The summed E-state index contributed by atoms with van der Waals surface area (Å²) in [4.78, 5) is 6.22. The van der Waals surface area contributed by atoms with E-state index in [1.165, 1.54) is 11.1 Å². The zero-order valence-corrected chi connectivity index (χ0v) is 15.7. The second-order valence-corrected chi connectivity index (χ2v) is 7.89. The summed E-state index contributed by atoms with van der Waals surface area (Å²) >= 11 is 1.68. The molecule has 1 N–H and O–H groups in total. The molecule has 2 aliphatic rings. The number of rotatable bonds is 0. The van der Waals surface area contributed by atoms with Crippen LogP contribution in [0.1, 0.15) is 37.5 Å². The number of halogens is 1. The topological polar surface area (TPSA) is 35.8 Å². The smallest absolute Gasteiger partial charge is 0.178 e. The van der Waals surface area contributed by atoms with Crippen molar-refractivity contribution in [1.29, 1.82) is 0 Å². The minimum atomic E-state index is -0.907. The Morgan fingerprint density at radius 2 is 2.05 bits per heavy atom. The highest BCUT2D eigenvalue weighted by Gasteiger charge is 2.55. The van der Waals surface area contributed by atoms with Crippen LogP contribution < -0.4 is 0 Å². The predicted octanol–water partition coefficient (Wildman–Crippen LogP) is 3.30. The molecule has 21 heavy (non-hydrogen) atoms. The van der Waals surface area contributed by atoms with Crippen LogP contribution in [0.4, 0.5) is 0 Å². The fourth-order valence-electron chi connectivity index (χ4n) is 3.15. The molecule has 3 rings (SSSR count). The van der Waals surface area contributed by atoms with Crippen molar-refractivity contribution in [3.05, 3.63) is 34.9 Å². The molecule has 0 saturated carbocycles. The summed E-state index contributed by atoms with van der Waals surface area (Å²) in [6.45, 7) is 6.62. The van der Waals surface area contributed by atoms with Crippen LogP contribution >= 0.6 is 28.7 Å². The molecule has 5 heteroatoms. The molecule has 0 spiro atoms. The van der Waals surface area contributed by atoms with Gasteiger partial charge >= 0.3 is 0 Å². The highest BCUT2D eigenvalue weighted by atomic mass is 79.9. The van der Waals surface area contributed by atoms with Crippen molar-refractivity contribution in [3.63, 3.8) is 0 Å². The van der Waals surface area contributed by atoms with Crippen LogP contribution in [0.2, 0.25) is 0 Å². The third-order valence-electron chi connectivity index (χ3n) is 4.46. The molecule has 1 aromatic carbocycles. The Morgan fingerprint density at radius 1 is 1.38 bits per heavy atom. The van der Waals surface area contributed by atoms with Gasteiger partial charge in [-0.1, -0.05) is 50.7 Å². The summed E-state index contributed by atoms with van der Waals surface area (Å²) < 4.78 is 0. The Hall–Kier alpha value is -0.520. The molecule has 1 aromatic rings. The van der Waals surface area contributed by atoms with Gasteiger partial charge in [0.2, 0.25) is 0 Å². The Balaban J connectivity index is 0.00000161. The fraction of sp³-hybridized carbons (Fsp3) is 0.562. The van der Waals surface area contributed by atoms with Gasteiger partial charge in [-0.2, -0.15) is 0 Å². The molecule has 1 aliphatic carbocycles. The van der Waals surface area contributed by atoms with E-state index in [2.05, 4.69) is 44.0 Å². The molecule has 1 aliphatic heterocycles. The van der Waals surface area contributed by atoms with Gasteiger partial charge in [-0.3, -0.25) is 4.99 Å². The number of aliphatic imine (C=N–C) groups is 1. The third-order valence-corrected chi connectivity index (χ3v) is 5.91. The fourth-order valence-corrected chi connectivity index (χ4v) is 4.52. The van der Waals surface area contributed by atoms with Crippen molar-refractivity contribution in [2.24, 2.45) is 4.99 Å². The van der Waals surface area contributed by atoms with Crippen molar-refractivity contribution in [1.82, 2.24) is 4.90 Å². The van der Waals surface area contributed by atoms with Crippen molar-refractivity contribution in [2.75, 3.05) is 14.1 Å². The molecule has 1 heterocycles. The summed E-state index contributed by atoms with van der Waals surface area (Å²) in [5.74, 6) is 0. The standard InChI is InChI=1S/C16H22N2OS.BrH/c1-15(2,3)11-7-6-10-8-13-16(19,12(10)9-11)18(5)14(17-4)20-13;/h6-7,9,13,19H,8H2,1-5H3;1H/b17-14-;. The third kappa shape index (κ3) is 2.34. The van der Waals surface area contributed by atoms with E-state index < -0.39 is 5.72 Å². The van der Waals surface area contributed by atoms with Gasteiger partial charge in [0.05, 0.1) is 5.25 Å². The summed E-state index contributed by atoms with van der Waals surface area (Å²) in [6.07, 6.45) is 0.907. The normalized spacial score (nSPS) is 29.3. The molecule has 116 valence electrons. The lowest BCUT2D eigenvalue weighted by Gasteiger charge is -2.32. The largest absolute Gasteiger partial charge is 0.366 e. The zero-order chi connectivity index (χ0) is 14.7. The summed E-state index contributed by atoms with van der Waals surface area (Å²) in [5, 5.41) is 12.3.